The van der Waals surface area contributed by atoms with Crippen molar-refractivity contribution >= 4 is 34.9 Å². The number of nitrogens with zero attached hydrogens (tertiary/aromatic N) is 1. The van der Waals surface area contributed by atoms with E-state index < -0.39 is 17.5 Å². The van der Waals surface area contributed by atoms with Gasteiger partial charge in [0.25, 0.3) is 5.91 Å². The zero-order valence-electron chi connectivity index (χ0n) is 12.9. The predicted octanol–water partition coefficient (Wildman–Crippen LogP) is 3.96. The van der Waals surface area contributed by atoms with Crippen LogP contribution in [0.25, 0.3) is 0 Å². The predicted molar refractivity (Wildman–Crippen MR) is 88.5 cm³/mol. The molecule has 0 heterocycles. The van der Waals surface area contributed by atoms with Crippen molar-refractivity contribution in [2.24, 2.45) is 0 Å². The van der Waals surface area contributed by atoms with Gasteiger partial charge in [0.2, 0.25) is 0 Å². The summed E-state index contributed by atoms with van der Waals surface area (Å²) in [6.45, 7) is 0. The highest BCUT2D eigenvalue weighted by Crippen LogP contribution is 2.22. The Labute approximate surface area is 142 Å². The van der Waals surface area contributed by atoms with E-state index in [1.54, 1.807) is 32.3 Å². The number of hydrogen-bond donors (Lipinski definition) is 2. The van der Waals surface area contributed by atoms with Crippen LogP contribution in [0.15, 0.2) is 36.4 Å². The molecule has 0 aromatic heterocycles. The van der Waals surface area contributed by atoms with Gasteiger partial charge in [-0.2, -0.15) is 0 Å². The Morgan fingerprint density at radius 1 is 1.00 bits per heavy atom. The maximum absolute atomic E-state index is 13.3. The zero-order chi connectivity index (χ0) is 17.9. The SMILES string of the molecule is CN(C)C(=O)Nc1cccc(NC(=O)c2cc(F)c(F)cc2Cl)c1. The van der Waals surface area contributed by atoms with Crippen LogP contribution in [0.5, 0.6) is 0 Å². The lowest BCUT2D eigenvalue weighted by molar-refractivity contribution is 0.102. The zero-order valence-corrected chi connectivity index (χ0v) is 13.6. The molecule has 2 aromatic rings. The van der Waals surface area contributed by atoms with Gasteiger partial charge in [-0.1, -0.05) is 17.7 Å². The summed E-state index contributed by atoms with van der Waals surface area (Å²) >= 11 is 5.77. The minimum atomic E-state index is -1.17. The van der Waals surface area contributed by atoms with Gasteiger partial charge in [-0.25, -0.2) is 13.6 Å². The fraction of sp³-hybridized carbons (Fsp3) is 0.125. The molecule has 0 fully saturated rings. The molecule has 0 aliphatic carbocycles. The standard InChI is InChI=1S/C16H14ClF2N3O2/c1-22(2)16(24)21-10-5-3-4-9(6-10)20-15(23)11-7-13(18)14(19)8-12(11)17/h3-8H,1-2H3,(H,20,23)(H,21,24). The normalized spacial score (nSPS) is 10.2. The van der Waals surface area contributed by atoms with Crippen molar-refractivity contribution in [3.05, 3.63) is 58.6 Å². The van der Waals surface area contributed by atoms with E-state index in [0.29, 0.717) is 11.4 Å². The van der Waals surface area contributed by atoms with E-state index in [4.69, 9.17) is 11.6 Å². The summed E-state index contributed by atoms with van der Waals surface area (Å²) in [7, 11) is 3.18. The van der Waals surface area contributed by atoms with Crippen LogP contribution in [0.4, 0.5) is 25.0 Å². The number of nitrogens with one attached hydrogen (secondary N) is 2. The fourth-order valence-electron chi connectivity index (χ4n) is 1.80. The number of amides is 3. The van der Waals surface area contributed by atoms with Crippen LogP contribution >= 0.6 is 11.6 Å². The van der Waals surface area contributed by atoms with Crippen molar-refractivity contribution in [2.75, 3.05) is 24.7 Å². The number of benzene rings is 2. The van der Waals surface area contributed by atoms with E-state index in [2.05, 4.69) is 10.6 Å². The van der Waals surface area contributed by atoms with Crippen LogP contribution in [0, 0.1) is 11.6 Å². The maximum atomic E-state index is 13.3. The first-order chi connectivity index (χ1) is 11.3. The quantitative estimate of drug-likeness (QED) is 0.820. The molecule has 0 saturated heterocycles. The largest absolute Gasteiger partial charge is 0.331 e. The molecule has 0 bridgehead atoms. The van der Waals surface area contributed by atoms with Gasteiger partial charge in [-0.3, -0.25) is 4.79 Å². The van der Waals surface area contributed by atoms with Gasteiger partial charge in [0.1, 0.15) is 0 Å². The van der Waals surface area contributed by atoms with Crippen LogP contribution in [0.3, 0.4) is 0 Å². The Bertz CT molecular complexity index is 797. The first-order valence-corrected chi connectivity index (χ1v) is 7.20. The molecule has 5 nitrogen and oxygen atoms in total. The van der Waals surface area contributed by atoms with Crippen LogP contribution < -0.4 is 10.6 Å². The van der Waals surface area contributed by atoms with Gasteiger partial charge in [0, 0.05) is 25.5 Å². The average molecular weight is 354 g/mol. The van der Waals surface area contributed by atoms with Gasteiger partial charge in [-0.15, -0.1) is 0 Å². The molecule has 8 heteroatoms. The summed E-state index contributed by atoms with van der Waals surface area (Å²) in [5.41, 5.74) is 0.624. The second-order valence-corrected chi connectivity index (χ2v) is 5.51. The van der Waals surface area contributed by atoms with Gasteiger partial charge in [0.15, 0.2) is 11.6 Å². The Morgan fingerprint density at radius 3 is 2.21 bits per heavy atom. The van der Waals surface area contributed by atoms with E-state index in [1.807, 2.05) is 0 Å². The lowest BCUT2D eigenvalue weighted by atomic mass is 10.2. The summed E-state index contributed by atoms with van der Waals surface area (Å²) in [6.07, 6.45) is 0. The highest BCUT2D eigenvalue weighted by atomic mass is 35.5. The highest BCUT2D eigenvalue weighted by molar-refractivity contribution is 6.34. The lowest BCUT2D eigenvalue weighted by Gasteiger charge is -2.13. The molecule has 2 aromatic carbocycles. The first-order valence-electron chi connectivity index (χ1n) is 6.82. The topological polar surface area (TPSA) is 61.4 Å². The van der Waals surface area contributed by atoms with Gasteiger partial charge in [-0.05, 0) is 30.3 Å². The third kappa shape index (κ3) is 4.20. The van der Waals surface area contributed by atoms with Crippen molar-refractivity contribution in [2.45, 2.75) is 0 Å². The molecule has 126 valence electrons. The van der Waals surface area contributed by atoms with E-state index in [1.165, 1.54) is 11.0 Å². The Kier molecular flexibility index (Phi) is 5.35. The van der Waals surface area contributed by atoms with Crippen LogP contribution in [0.2, 0.25) is 5.02 Å². The molecular formula is C16H14ClF2N3O2. The summed E-state index contributed by atoms with van der Waals surface area (Å²) < 4.78 is 26.3. The fourth-order valence-corrected chi connectivity index (χ4v) is 2.04. The van der Waals surface area contributed by atoms with Crippen LogP contribution in [-0.4, -0.2) is 30.9 Å². The second-order valence-electron chi connectivity index (χ2n) is 5.11. The minimum Gasteiger partial charge on any atom is -0.331 e. The molecule has 2 rings (SSSR count). The number of carbonyl (C=O) groups is 2. The monoisotopic (exact) mass is 353 g/mol. The molecule has 0 spiro atoms. The van der Waals surface area contributed by atoms with Crippen LogP contribution in [0.1, 0.15) is 10.4 Å². The van der Waals surface area contributed by atoms with Gasteiger partial charge < -0.3 is 15.5 Å². The molecule has 0 aliphatic heterocycles. The molecular weight excluding hydrogens is 340 g/mol. The molecule has 0 saturated carbocycles. The lowest BCUT2D eigenvalue weighted by Crippen LogP contribution is -2.27. The summed E-state index contributed by atoms with van der Waals surface area (Å²) in [5.74, 6) is -3.00. The number of halogens is 3. The Balaban J connectivity index is 2.18. The molecule has 3 amide bonds. The van der Waals surface area contributed by atoms with Crippen molar-refractivity contribution in [1.82, 2.24) is 4.90 Å². The molecule has 0 unspecified atom stereocenters. The molecule has 0 atom stereocenters. The van der Waals surface area contributed by atoms with Crippen LogP contribution in [-0.2, 0) is 0 Å². The van der Waals surface area contributed by atoms with Crippen molar-refractivity contribution < 1.29 is 18.4 Å². The highest BCUT2D eigenvalue weighted by Gasteiger charge is 2.15. The molecule has 2 N–H and O–H groups in total. The number of anilines is 2. The van der Waals surface area contributed by atoms with E-state index in [0.717, 1.165) is 12.1 Å². The summed E-state index contributed by atoms with van der Waals surface area (Å²) in [4.78, 5) is 25.1. The summed E-state index contributed by atoms with van der Waals surface area (Å²) in [5, 5.41) is 4.93. The maximum Gasteiger partial charge on any atom is 0.321 e. The third-order valence-electron chi connectivity index (χ3n) is 3.03. The summed E-state index contributed by atoms with van der Waals surface area (Å²) in [6, 6.07) is 7.49. The van der Waals surface area contributed by atoms with Crippen molar-refractivity contribution in [3.63, 3.8) is 0 Å². The smallest absolute Gasteiger partial charge is 0.321 e. The number of carbonyl (C=O) groups excluding carboxylic acids is 2. The van der Waals surface area contributed by atoms with Crippen molar-refractivity contribution in [1.29, 1.82) is 0 Å². The number of hydrogen-bond acceptors (Lipinski definition) is 2. The van der Waals surface area contributed by atoms with E-state index in [-0.39, 0.29) is 16.6 Å². The van der Waals surface area contributed by atoms with Gasteiger partial charge in [0.05, 0.1) is 10.6 Å². The number of rotatable bonds is 3. The third-order valence-corrected chi connectivity index (χ3v) is 3.35. The Morgan fingerprint density at radius 2 is 1.58 bits per heavy atom. The molecule has 0 radical (unpaired) electrons. The number of urea groups is 1. The second kappa shape index (κ2) is 7.27. The van der Waals surface area contributed by atoms with Gasteiger partial charge >= 0.3 is 6.03 Å². The molecule has 24 heavy (non-hydrogen) atoms. The van der Waals surface area contributed by atoms with E-state index >= 15 is 0 Å². The average Bonchev–Trinajstić information content (AvgIpc) is 2.51. The van der Waals surface area contributed by atoms with Crippen molar-refractivity contribution in [3.8, 4) is 0 Å². The molecule has 0 aliphatic rings. The first kappa shape index (κ1) is 17.7. The van der Waals surface area contributed by atoms with E-state index in [9.17, 15) is 18.4 Å². The Hall–Kier alpha value is -2.67. The minimum absolute atomic E-state index is 0.196.